The van der Waals surface area contributed by atoms with Crippen LogP contribution >= 0.6 is 0 Å². The summed E-state index contributed by atoms with van der Waals surface area (Å²) < 4.78 is 0. The predicted octanol–water partition coefficient (Wildman–Crippen LogP) is 5.57. The lowest BCUT2D eigenvalue weighted by molar-refractivity contribution is 0.361. The van der Waals surface area contributed by atoms with Crippen LogP contribution in [0.1, 0.15) is 59.1 Å². The molecule has 19 heavy (non-hydrogen) atoms. The van der Waals surface area contributed by atoms with Gasteiger partial charge in [0.2, 0.25) is 0 Å². The Bertz CT molecular complexity index is 467. The zero-order valence-electron chi connectivity index (χ0n) is 13.5. The molecule has 1 rings (SSSR count). The first-order valence-electron chi connectivity index (χ1n) is 7.00. The summed E-state index contributed by atoms with van der Waals surface area (Å²) in [4.78, 5) is 0. The van der Waals surface area contributed by atoms with Crippen molar-refractivity contribution in [3.05, 3.63) is 34.9 Å². The summed E-state index contributed by atoms with van der Waals surface area (Å²) in [6.45, 7) is 15.4. The Morgan fingerprint density at radius 2 is 1.68 bits per heavy atom. The van der Waals surface area contributed by atoms with Gasteiger partial charge >= 0.3 is 0 Å². The molecule has 1 aromatic carbocycles. The topological polar surface area (TPSA) is 20.2 Å². The normalized spacial score (nSPS) is 13.7. The van der Waals surface area contributed by atoms with Crippen LogP contribution in [-0.2, 0) is 0 Å². The number of rotatable bonds is 2. The lowest BCUT2D eigenvalue weighted by Crippen LogP contribution is -2.16. The molecule has 0 saturated heterocycles. The van der Waals surface area contributed by atoms with E-state index in [4.69, 9.17) is 0 Å². The van der Waals surface area contributed by atoms with Crippen molar-refractivity contribution in [2.24, 2.45) is 10.8 Å². The molecule has 1 nitrogen and oxygen atoms in total. The van der Waals surface area contributed by atoms with Crippen LogP contribution in [0, 0.1) is 17.8 Å². The van der Waals surface area contributed by atoms with E-state index in [1.807, 2.05) is 25.1 Å². The number of aromatic hydroxyl groups is 1. The van der Waals surface area contributed by atoms with Crippen molar-refractivity contribution in [1.82, 2.24) is 0 Å². The molecule has 0 bridgehead atoms. The number of allylic oxidation sites excluding steroid dienone is 1. The first-order valence-corrected chi connectivity index (χ1v) is 7.00. The van der Waals surface area contributed by atoms with Crippen molar-refractivity contribution in [3.8, 4) is 5.75 Å². The van der Waals surface area contributed by atoms with Crippen LogP contribution in [0.5, 0.6) is 5.75 Å². The zero-order chi connectivity index (χ0) is 14.8. The molecular formula is C18H28O. The molecular weight excluding hydrogens is 232 g/mol. The van der Waals surface area contributed by atoms with E-state index >= 15 is 0 Å². The van der Waals surface area contributed by atoms with Gasteiger partial charge in [-0.3, -0.25) is 0 Å². The van der Waals surface area contributed by atoms with Crippen molar-refractivity contribution in [2.45, 2.75) is 54.9 Å². The third-order valence-corrected chi connectivity index (χ3v) is 3.28. The van der Waals surface area contributed by atoms with Gasteiger partial charge in [-0.15, -0.1) is 0 Å². The molecule has 0 aliphatic carbocycles. The minimum Gasteiger partial charge on any atom is -0.507 e. The Labute approximate surface area is 118 Å². The fraction of sp³-hybridized carbons (Fsp3) is 0.556. The number of hydrogen-bond donors (Lipinski definition) is 1. The molecule has 1 aromatic rings. The molecule has 0 aliphatic rings. The van der Waals surface area contributed by atoms with Crippen LogP contribution in [0.4, 0.5) is 0 Å². The van der Waals surface area contributed by atoms with Crippen LogP contribution in [0.3, 0.4) is 0 Å². The summed E-state index contributed by atoms with van der Waals surface area (Å²) >= 11 is 0. The number of para-hydroxylation sites is 1. The van der Waals surface area contributed by atoms with Crippen LogP contribution in [0.25, 0.3) is 6.08 Å². The van der Waals surface area contributed by atoms with Crippen LogP contribution in [0.2, 0.25) is 0 Å². The standard InChI is InChI=1S/C18H28O/c1-13-9-8-10-14(16(13)19)11-15(18(5,6)7)12-17(2,3)4/h8-11,19H,12H2,1-7H3. The van der Waals surface area contributed by atoms with E-state index in [2.05, 4.69) is 47.6 Å². The first-order chi connectivity index (χ1) is 8.50. The number of benzene rings is 1. The Balaban J connectivity index is 3.25. The molecule has 0 saturated carbocycles. The highest BCUT2D eigenvalue weighted by molar-refractivity contribution is 5.62. The molecule has 1 heteroatoms. The lowest BCUT2D eigenvalue weighted by atomic mass is 9.76. The van der Waals surface area contributed by atoms with Gasteiger partial charge in [0.1, 0.15) is 5.75 Å². The molecule has 106 valence electrons. The van der Waals surface area contributed by atoms with Crippen molar-refractivity contribution in [1.29, 1.82) is 0 Å². The van der Waals surface area contributed by atoms with Gasteiger partial charge in [0, 0.05) is 5.56 Å². The van der Waals surface area contributed by atoms with E-state index in [1.54, 1.807) is 0 Å². The zero-order valence-corrected chi connectivity index (χ0v) is 13.5. The number of aryl methyl sites for hydroxylation is 1. The molecule has 0 atom stereocenters. The number of hydrogen-bond acceptors (Lipinski definition) is 1. The molecule has 0 radical (unpaired) electrons. The average Bonchev–Trinajstić information content (AvgIpc) is 2.20. The second kappa shape index (κ2) is 5.40. The second-order valence-corrected chi connectivity index (χ2v) is 7.67. The van der Waals surface area contributed by atoms with Crippen LogP contribution in [-0.4, -0.2) is 5.11 Å². The molecule has 0 aliphatic heterocycles. The highest BCUT2D eigenvalue weighted by atomic mass is 16.3. The summed E-state index contributed by atoms with van der Waals surface area (Å²) in [7, 11) is 0. The fourth-order valence-corrected chi connectivity index (χ4v) is 2.09. The monoisotopic (exact) mass is 260 g/mol. The predicted molar refractivity (Wildman–Crippen MR) is 84.3 cm³/mol. The SMILES string of the molecule is Cc1cccc(C=C(CC(C)(C)C)C(C)(C)C)c1O. The van der Waals surface area contributed by atoms with Crippen molar-refractivity contribution in [2.75, 3.05) is 0 Å². The summed E-state index contributed by atoms with van der Waals surface area (Å²) in [5.74, 6) is 0.401. The van der Waals surface area contributed by atoms with Gasteiger partial charge in [-0.25, -0.2) is 0 Å². The number of phenols is 1. The van der Waals surface area contributed by atoms with Gasteiger partial charge < -0.3 is 5.11 Å². The van der Waals surface area contributed by atoms with Gasteiger partial charge in [-0.1, -0.05) is 71.4 Å². The van der Waals surface area contributed by atoms with Gasteiger partial charge in [0.05, 0.1) is 0 Å². The van der Waals surface area contributed by atoms with Crippen LogP contribution in [0.15, 0.2) is 23.8 Å². The average molecular weight is 260 g/mol. The Morgan fingerprint density at radius 3 is 2.16 bits per heavy atom. The third-order valence-electron chi connectivity index (χ3n) is 3.28. The van der Waals surface area contributed by atoms with Gasteiger partial charge in [-0.05, 0) is 29.7 Å². The maximum Gasteiger partial charge on any atom is 0.125 e. The summed E-state index contributed by atoms with van der Waals surface area (Å²) in [6.07, 6.45) is 3.19. The second-order valence-electron chi connectivity index (χ2n) is 7.67. The Hall–Kier alpha value is -1.24. The van der Waals surface area contributed by atoms with E-state index in [0.29, 0.717) is 5.75 Å². The molecule has 1 N–H and O–H groups in total. The molecule has 0 amide bonds. The maximum atomic E-state index is 10.2. The smallest absolute Gasteiger partial charge is 0.125 e. The van der Waals surface area contributed by atoms with Crippen LogP contribution < -0.4 is 0 Å². The van der Waals surface area contributed by atoms with E-state index < -0.39 is 0 Å². The Morgan fingerprint density at radius 1 is 1.11 bits per heavy atom. The van der Waals surface area contributed by atoms with Gasteiger partial charge in [0.25, 0.3) is 0 Å². The van der Waals surface area contributed by atoms with Crippen molar-refractivity contribution < 1.29 is 5.11 Å². The first kappa shape index (κ1) is 15.8. The number of phenolic OH excluding ortho intramolecular Hbond substituents is 1. The highest BCUT2D eigenvalue weighted by Crippen LogP contribution is 2.38. The molecule has 0 spiro atoms. The minimum absolute atomic E-state index is 0.115. The lowest BCUT2D eigenvalue weighted by Gasteiger charge is -2.29. The fourth-order valence-electron chi connectivity index (χ4n) is 2.09. The van der Waals surface area contributed by atoms with E-state index in [1.165, 1.54) is 5.57 Å². The molecule has 0 heterocycles. The maximum absolute atomic E-state index is 10.2. The molecule has 0 aromatic heterocycles. The minimum atomic E-state index is 0.115. The van der Waals surface area contributed by atoms with Crippen molar-refractivity contribution >= 4 is 6.08 Å². The van der Waals surface area contributed by atoms with Gasteiger partial charge in [0.15, 0.2) is 0 Å². The van der Waals surface area contributed by atoms with E-state index in [-0.39, 0.29) is 10.8 Å². The summed E-state index contributed by atoms with van der Waals surface area (Å²) in [5, 5.41) is 10.2. The third kappa shape index (κ3) is 4.74. The Kier molecular flexibility index (Phi) is 4.50. The van der Waals surface area contributed by atoms with E-state index in [9.17, 15) is 5.11 Å². The largest absolute Gasteiger partial charge is 0.507 e. The quantitative estimate of drug-likeness (QED) is 0.737. The highest BCUT2D eigenvalue weighted by Gasteiger charge is 2.23. The van der Waals surface area contributed by atoms with Crippen molar-refractivity contribution in [3.63, 3.8) is 0 Å². The van der Waals surface area contributed by atoms with E-state index in [0.717, 1.165) is 17.5 Å². The molecule has 0 fully saturated rings. The summed E-state index contributed by atoms with van der Waals surface area (Å²) in [5.41, 5.74) is 3.59. The van der Waals surface area contributed by atoms with Gasteiger partial charge in [-0.2, -0.15) is 0 Å². The summed E-state index contributed by atoms with van der Waals surface area (Å²) in [6, 6.07) is 5.92. The molecule has 0 unspecified atom stereocenters.